The Kier molecular flexibility index (Phi) is 3.37. The third kappa shape index (κ3) is 2.16. The fraction of sp³-hybridized carbons (Fsp3) is 0.286. The van der Waals surface area contributed by atoms with Crippen molar-refractivity contribution in [2.24, 2.45) is 16.8 Å². The number of ether oxygens (including phenoxy) is 1. The molecule has 0 radical (unpaired) electrons. The van der Waals surface area contributed by atoms with Gasteiger partial charge in [-0.2, -0.15) is 0 Å². The molecule has 2 amide bonds. The molecule has 27 heavy (non-hydrogen) atoms. The van der Waals surface area contributed by atoms with Crippen molar-refractivity contribution < 1.29 is 18.7 Å². The summed E-state index contributed by atoms with van der Waals surface area (Å²) >= 11 is 0. The molecule has 3 aliphatic heterocycles. The molecule has 1 aromatic carbocycles. The molecule has 0 saturated carbocycles. The number of dihydropyridines is 1. The van der Waals surface area contributed by atoms with E-state index in [4.69, 9.17) is 9.15 Å². The van der Waals surface area contributed by atoms with Crippen molar-refractivity contribution in [3.05, 3.63) is 66.1 Å². The summed E-state index contributed by atoms with van der Waals surface area (Å²) < 4.78 is 10.8. The summed E-state index contributed by atoms with van der Waals surface area (Å²) in [6.45, 7) is 0.221. The molecular weight excluding hydrogens is 344 g/mol. The molecule has 6 heteroatoms. The average molecular weight is 362 g/mol. The topological polar surface area (TPSA) is 72.1 Å². The maximum atomic E-state index is 13.3. The summed E-state index contributed by atoms with van der Waals surface area (Å²) in [5.74, 6) is 0.181. The second-order valence-corrected chi connectivity index (χ2v) is 7.14. The number of carbonyl (C=O) groups excluding carboxylic acids is 2. The van der Waals surface area contributed by atoms with Crippen LogP contribution in [0.25, 0.3) is 0 Å². The Balaban J connectivity index is 1.52. The third-order valence-electron chi connectivity index (χ3n) is 5.77. The van der Waals surface area contributed by atoms with Crippen molar-refractivity contribution in [1.29, 1.82) is 0 Å². The lowest BCUT2D eigenvalue weighted by molar-refractivity contribution is -0.140. The van der Waals surface area contributed by atoms with Gasteiger partial charge in [0.25, 0.3) is 5.91 Å². The van der Waals surface area contributed by atoms with Gasteiger partial charge in [-0.25, -0.2) is 0 Å². The molecule has 4 heterocycles. The van der Waals surface area contributed by atoms with Crippen LogP contribution >= 0.6 is 0 Å². The first-order chi connectivity index (χ1) is 13.1. The quantitative estimate of drug-likeness (QED) is 0.619. The van der Waals surface area contributed by atoms with Gasteiger partial charge in [0.05, 0.1) is 25.8 Å². The maximum absolute atomic E-state index is 13.3. The van der Waals surface area contributed by atoms with Crippen molar-refractivity contribution >= 4 is 18.0 Å². The van der Waals surface area contributed by atoms with Gasteiger partial charge in [0.1, 0.15) is 11.5 Å². The smallest absolute Gasteiger partial charge is 0.262 e. The predicted molar refractivity (Wildman–Crippen MR) is 97.3 cm³/mol. The van der Waals surface area contributed by atoms with Crippen LogP contribution < -0.4 is 4.74 Å². The summed E-state index contributed by atoms with van der Waals surface area (Å²) in [7, 11) is 1.60. The van der Waals surface area contributed by atoms with Crippen molar-refractivity contribution in [3.8, 4) is 5.75 Å². The van der Waals surface area contributed by atoms with Gasteiger partial charge >= 0.3 is 0 Å². The Bertz CT molecular complexity index is 945. The standard InChI is InChI=1S/C21H18N2O4/c1-26-15-6-4-13(5-7-15)12-23-19(24)18-17(16-3-2-10-27-16)14-8-9-21(18,20(23)25)22-11-14/h2-11,14,17-18H,12H2,1H3. The van der Waals surface area contributed by atoms with Crippen LogP contribution in [0, 0.1) is 11.8 Å². The molecule has 1 spiro atoms. The number of methoxy groups -OCH3 is 1. The average Bonchev–Trinajstić information content (AvgIpc) is 3.32. The Morgan fingerprint density at radius 1 is 1.22 bits per heavy atom. The van der Waals surface area contributed by atoms with E-state index < -0.39 is 11.5 Å². The van der Waals surface area contributed by atoms with Crippen molar-refractivity contribution in [3.63, 3.8) is 0 Å². The van der Waals surface area contributed by atoms with Crippen LogP contribution in [-0.4, -0.2) is 35.6 Å². The zero-order valence-corrected chi connectivity index (χ0v) is 14.7. The molecule has 0 N–H and O–H groups in total. The number of rotatable bonds is 4. The van der Waals surface area contributed by atoms with Gasteiger partial charge < -0.3 is 9.15 Å². The molecule has 1 aromatic heterocycles. The van der Waals surface area contributed by atoms with Crippen molar-refractivity contribution in [2.75, 3.05) is 7.11 Å². The number of aliphatic imine (C=N–C) groups is 1. The molecular formula is C21H18N2O4. The predicted octanol–water partition coefficient (Wildman–Crippen LogP) is 2.57. The van der Waals surface area contributed by atoms with Crippen LogP contribution in [0.3, 0.4) is 0 Å². The molecule has 6 nitrogen and oxygen atoms in total. The van der Waals surface area contributed by atoms with Crippen molar-refractivity contribution in [2.45, 2.75) is 18.0 Å². The minimum absolute atomic E-state index is 0.0410. The largest absolute Gasteiger partial charge is 0.497 e. The van der Waals surface area contributed by atoms with Crippen LogP contribution in [0.5, 0.6) is 5.75 Å². The molecule has 1 fully saturated rings. The number of allylic oxidation sites excluding steroid dienone is 1. The molecule has 6 rings (SSSR count). The first-order valence-electron chi connectivity index (χ1n) is 8.91. The molecule has 2 aromatic rings. The van der Waals surface area contributed by atoms with E-state index in [1.807, 2.05) is 42.5 Å². The molecule has 136 valence electrons. The minimum atomic E-state index is -1.14. The van der Waals surface area contributed by atoms with Gasteiger partial charge in [-0.05, 0) is 29.8 Å². The van der Waals surface area contributed by atoms with Gasteiger partial charge in [-0.3, -0.25) is 19.5 Å². The lowest BCUT2D eigenvalue weighted by atomic mass is 9.65. The van der Waals surface area contributed by atoms with Gasteiger partial charge in [0.15, 0.2) is 5.54 Å². The molecule has 4 atom stereocenters. The number of furan rings is 1. The first-order valence-corrected chi connectivity index (χ1v) is 8.91. The molecule has 4 aliphatic rings. The van der Waals surface area contributed by atoms with Crippen LogP contribution in [0.2, 0.25) is 0 Å². The fourth-order valence-corrected chi connectivity index (χ4v) is 4.44. The van der Waals surface area contributed by atoms with Crippen LogP contribution in [0.4, 0.5) is 0 Å². The third-order valence-corrected chi connectivity index (χ3v) is 5.77. The molecule has 4 unspecified atom stereocenters. The second kappa shape index (κ2) is 5.67. The molecule has 1 aliphatic carbocycles. The van der Waals surface area contributed by atoms with Crippen LogP contribution in [0.1, 0.15) is 17.2 Å². The lowest BCUT2D eigenvalue weighted by Crippen LogP contribution is -2.49. The first kappa shape index (κ1) is 16.1. The number of amides is 2. The highest BCUT2D eigenvalue weighted by atomic mass is 16.5. The van der Waals surface area contributed by atoms with E-state index in [-0.39, 0.29) is 30.2 Å². The SMILES string of the molecule is COc1ccc(CN2C(=O)C3C(c4ccco4)C4C=CC3(N=C4)C2=O)cc1. The van der Waals surface area contributed by atoms with E-state index in [1.54, 1.807) is 25.7 Å². The minimum Gasteiger partial charge on any atom is -0.497 e. The Morgan fingerprint density at radius 3 is 2.67 bits per heavy atom. The molecule has 1 saturated heterocycles. The van der Waals surface area contributed by atoms with E-state index in [0.29, 0.717) is 0 Å². The van der Waals surface area contributed by atoms with Crippen LogP contribution in [0.15, 0.2) is 64.2 Å². The van der Waals surface area contributed by atoms with E-state index in [2.05, 4.69) is 4.99 Å². The number of hydrogen-bond donors (Lipinski definition) is 0. The Morgan fingerprint density at radius 2 is 2.04 bits per heavy atom. The van der Waals surface area contributed by atoms with Crippen LogP contribution in [-0.2, 0) is 16.1 Å². The Labute approximate surface area is 156 Å². The summed E-state index contributed by atoms with van der Waals surface area (Å²) in [5.41, 5.74) is -0.278. The highest BCUT2D eigenvalue weighted by molar-refractivity contribution is 6.13. The number of nitrogens with zero attached hydrogens (tertiary/aromatic N) is 2. The van der Waals surface area contributed by atoms with Gasteiger partial charge in [0.2, 0.25) is 5.91 Å². The van der Waals surface area contributed by atoms with Gasteiger partial charge in [-0.15, -0.1) is 0 Å². The second-order valence-electron chi connectivity index (χ2n) is 7.14. The van der Waals surface area contributed by atoms with E-state index in [1.165, 1.54) is 4.90 Å². The maximum Gasteiger partial charge on any atom is 0.262 e. The lowest BCUT2D eigenvalue weighted by Gasteiger charge is -2.40. The summed E-state index contributed by atoms with van der Waals surface area (Å²) in [6.07, 6.45) is 7.15. The highest BCUT2D eigenvalue weighted by Gasteiger charge is 2.65. The fourth-order valence-electron chi connectivity index (χ4n) is 4.44. The summed E-state index contributed by atoms with van der Waals surface area (Å²) in [4.78, 5) is 32.4. The number of hydrogen-bond acceptors (Lipinski definition) is 5. The van der Waals surface area contributed by atoms with E-state index in [0.717, 1.165) is 17.1 Å². The highest BCUT2D eigenvalue weighted by Crippen LogP contribution is 2.53. The monoisotopic (exact) mass is 362 g/mol. The van der Waals surface area contributed by atoms with E-state index >= 15 is 0 Å². The van der Waals surface area contributed by atoms with Gasteiger partial charge in [-0.1, -0.05) is 24.3 Å². The number of imide groups is 1. The normalized spacial score (nSPS) is 30.9. The van der Waals surface area contributed by atoms with Gasteiger partial charge in [0, 0.05) is 18.1 Å². The number of benzene rings is 1. The van der Waals surface area contributed by atoms with E-state index in [9.17, 15) is 9.59 Å². The Hall–Kier alpha value is -3.15. The zero-order valence-electron chi connectivity index (χ0n) is 14.7. The number of carbonyl (C=O) groups is 2. The summed E-state index contributed by atoms with van der Waals surface area (Å²) in [6, 6.07) is 11.0. The van der Waals surface area contributed by atoms with Crippen molar-refractivity contribution in [1.82, 2.24) is 4.90 Å². The number of likely N-dealkylation sites (tertiary alicyclic amines) is 1. The molecule has 2 bridgehead atoms. The summed E-state index contributed by atoms with van der Waals surface area (Å²) in [5, 5.41) is 0. The zero-order chi connectivity index (χ0) is 18.6.